The fourth-order valence-corrected chi connectivity index (χ4v) is 3.40. The summed E-state index contributed by atoms with van der Waals surface area (Å²) in [5, 5.41) is 1.22. The quantitative estimate of drug-likeness (QED) is 0.414. The van der Waals surface area contributed by atoms with Crippen molar-refractivity contribution >= 4 is 29.3 Å². The summed E-state index contributed by atoms with van der Waals surface area (Å²) >= 11 is 7.35. The van der Waals surface area contributed by atoms with Crippen LogP contribution in [0.2, 0.25) is 5.02 Å². The molecule has 0 spiro atoms. The minimum atomic E-state index is -0.150. The number of hydrogen-bond acceptors (Lipinski definition) is 6. The molecular weight excluding hydrogens is 398 g/mol. The van der Waals surface area contributed by atoms with Crippen LogP contribution in [0.4, 0.5) is 0 Å². The van der Waals surface area contributed by atoms with E-state index in [9.17, 15) is 4.79 Å². The predicted octanol–water partition coefficient (Wildman–Crippen LogP) is 4.57. The van der Waals surface area contributed by atoms with E-state index in [2.05, 4.69) is 9.97 Å². The molecule has 146 valence electrons. The molecule has 0 aliphatic carbocycles. The van der Waals surface area contributed by atoms with Gasteiger partial charge in [-0.05, 0) is 43.5 Å². The Morgan fingerprint density at radius 2 is 2.11 bits per heavy atom. The van der Waals surface area contributed by atoms with Crippen LogP contribution in [0.1, 0.15) is 16.1 Å². The van der Waals surface area contributed by atoms with E-state index < -0.39 is 0 Å². The highest BCUT2D eigenvalue weighted by atomic mass is 35.5. The molecule has 0 unspecified atom stereocenters. The maximum Gasteiger partial charge on any atom is 0.258 e. The van der Waals surface area contributed by atoms with Gasteiger partial charge in [0.15, 0.2) is 11.6 Å². The zero-order valence-electron chi connectivity index (χ0n) is 15.8. The van der Waals surface area contributed by atoms with E-state index >= 15 is 0 Å². The number of thioether (sulfide) groups is 1. The van der Waals surface area contributed by atoms with Gasteiger partial charge in [0.25, 0.3) is 5.91 Å². The molecule has 2 aromatic heterocycles. The van der Waals surface area contributed by atoms with Crippen molar-refractivity contribution in [2.24, 2.45) is 0 Å². The molecule has 0 aliphatic rings. The summed E-state index contributed by atoms with van der Waals surface area (Å²) in [4.78, 5) is 23.5. The highest BCUT2D eigenvalue weighted by Gasteiger charge is 2.22. The molecule has 0 radical (unpaired) electrons. The minimum Gasteiger partial charge on any atom is -0.492 e. The molecule has 3 rings (SSSR count). The van der Waals surface area contributed by atoms with Gasteiger partial charge >= 0.3 is 0 Å². The number of carbonyl (C=O) groups excluding carboxylic acids is 1. The van der Waals surface area contributed by atoms with Gasteiger partial charge in [0, 0.05) is 12.1 Å². The van der Waals surface area contributed by atoms with Gasteiger partial charge in [0.05, 0.1) is 24.1 Å². The number of furan rings is 1. The van der Waals surface area contributed by atoms with E-state index in [0.717, 1.165) is 0 Å². The Balaban J connectivity index is 1.72. The molecule has 0 N–H and O–H groups in total. The van der Waals surface area contributed by atoms with Crippen LogP contribution in [0.5, 0.6) is 5.75 Å². The molecule has 2 heterocycles. The smallest absolute Gasteiger partial charge is 0.258 e. The second-order valence-electron chi connectivity index (χ2n) is 6.03. The highest BCUT2D eigenvalue weighted by molar-refractivity contribution is 7.98. The minimum absolute atomic E-state index is 0.150. The molecule has 0 aliphatic heterocycles. The van der Waals surface area contributed by atoms with Crippen molar-refractivity contribution < 1.29 is 13.9 Å². The van der Waals surface area contributed by atoms with Crippen LogP contribution in [-0.2, 0) is 0 Å². The van der Waals surface area contributed by atoms with Crippen LogP contribution < -0.4 is 4.74 Å². The Hall–Kier alpha value is -2.51. The van der Waals surface area contributed by atoms with E-state index in [-0.39, 0.29) is 5.91 Å². The molecule has 0 fully saturated rings. The Bertz CT molecular complexity index is 963. The van der Waals surface area contributed by atoms with E-state index in [1.54, 1.807) is 49.4 Å². The topological polar surface area (TPSA) is 68.5 Å². The van der Waals surface area contributed by atoms with Gasteiger partial charge < -0.3 is 14.1 Å². The Morgan fingerprint density at radius 3 is 2.79 bits per heavy atom. The maximum atomic E-state index is 13.0. The average Bonchev–Trinajstić information content (AvgIpc) is 3.21. The van der Waals surface area contributed by atoms with Crippen molar-refractivity contribution in [3.05, 3.63) is 58.9 Å². The van der Waals surface area contributed by atoms with Crippen LogP contribution in [0.25, 0.3) is 11.6 Å². The van der Waals surface area contributed by atoms with Crippen molar-refractivity contribution in [3.8, 4) is 17.3 Å². The Labute approximate surface area is 172 Å². The summed E-state index contributed by atoms with van der Waals surface area (Å²) < 4.78 is 11.0. The van der Waals surface area contributed by atoms with Crippen molar-refractivity contribution in [1.82, 2.24) is 14.9 Å². The summed E-state index contributed by atoms with van der Waals surface area (Å²) in [5.74, 6) is 1.55. The normalized spacial score (nSPS) is 10.7. The summed E-state index contributed by atoms with van der Waals surface area (Å²) in [7, 11) is 1.73. The molecule has 0 atom stereocenters. The number of likely N-dealkylation sites (N-methyl/N-ethyl adjacent to an activating group) is 1. The van der Waals surface area contributed by atoms with Crippen LogP contribution in [0, 0.1) is 6.92 Å². The number of aryl methyl sites for hydroxylation is 1. The number of ether oxygens (including phenoxy) is 1. The second kappa shape index (κ2) is 9.12. The first-order valence-electron chi connectivity index (χ1n) is 8.60. The standard InChI is InChI=1S/C20H20ClN3O3S/c1-13-17(19(28-3)23-18(22-13)16-8-5-10-27-16)20(25)24(2)9-11-26-15-7-4-6-14(21)12-15/h4-8,10,12H,9,11H2,1-3H3. The molecule has 1 amide bonds. The second-order valence-corrected chi connectivity index (χ2v) is 7.26. The van der Waals surface area contributed by atoms with Crippen molar-refractivity contribution in [3.63, 3.8) is 0 Å². The van der Waals surface area contributed by atoms with Gasteiger partial charge in [-0.2, -0.15) is 0 Å². The van der Waals surface area contributed by atoms with Crippen LogP contribution in [0.15, 0.2) is 52.1 Å². The Kier molecular flexibility index (Phi) is 6.59. The van der Waals surface area contributed by atoms with E-state index in [1.165, 1.54) is 11.8 Å². The fraction of sp³-hybridized carbons (Fsp3) is 0.250. The summed E-state index contributed by atoms with van der Waals surface area (Å²) in [6, 6.07) is 10.7. The molecule has 0 saturated carbocycles. The Morgan fingerprint density at radius 1 is 1.29 bits per heavy atom. The molecule has 1 aromatic carbocycles. The number of benzene rings is 1. The van der Waals surface area contributed by atoms with Gasteiger partial charge in [-0.3, -0.25) is 4.79 Å². The third-order valence-electron chi connectivity index (χ3n) is 4.04. The summed E-state index contributed by atoms with van der Waals surface area (Å²) in [6.45, 7) is 2.57. The fourth-order valence-electron chi connectivity index (χ4n) is 2.61. The van der Waals surface area contributed by atoms with Gasteiger partial charge in [-0.1, -0.05) is 17.7 Å². The predicted molar refractivity (Wildman–Crippen MR) is 110 cm³/mol. The van der Waals surface area contributed by atoms with E-state index in [0.29, 0.717) is 51.8 Å². The number of hydrogen-bond donors (Lipinski definition) is 0. The molecular formula is C20H20ClN3O3S. The SMILES string of the molecule is CSc1nc(-c2ccco2)nc(C)c1C(=O)N(C)CCOc1cccc(Cl)c1. The molecule has 0 saturated heterocycles. The number of carbonyl (C=O) groups is 1. The third kappa shape index (κ3) is 4.66. The number of amides is 1. The van der Waals surface area contributed by atoms with Crippen LogP contribution >= 0.6 is 23.4 Å². The third-order valence-corrected chi connectivity index (χ3v) is 4.96. The van der Waals surface area contributed by atoms with Crippen LogP contribution in [0.3, 0.4) is 0 Å². The summed E-state index contributed by atoms with van der Waals surface area (Å²) in [6.07, 6.45) is 3.45. The first-order valence-corrected chi connectivity index (χ1v) is 10.2. The van der Waals surface area contributed by atoms with Gasteiger partial charge in [-0.25, -0.2) is 9.97 Å². The number of rotatable bonds is 7. The lowest BCUT2D eigenvalue weighted by atomic mass is 10.2. The number of halogens is 1. The number of nitrogens with zero attached hydrogens (tertiary/aromatic N) is 3. The zero-order valence-corrected chi connectivity index (χ0v) is 17.4. The van der Waals surface area contributed by atoms with Gasteiger partial charge in [0.1, 0.15) is 17.4 Å². The first-order chi connectivity index (χ1) is 13.5. The van der Waals surface area contributed by atoms with E-state index in [1.807, 2.05) is 18.4 Å². The monoisotopic (exact) mass is 417 g/mol. The summed E-state index contributed by atoms with van der Waals surface area (Å²) in [5.41, 5.74) is 1.10. The van der Waals surface area contributed by atoms with Gasteiger partial charge in [0.2, 0.25) is 0 Å². The molecule has 28 heavy (non-hydrogen) atoms. The molecule has 0 bridgehead atoms. The average molecular weight is 418 g/mol. The molecule has 3 aromatic rings. The van der Waals surface area contributed by atoms with Gasteiger partial charge in [-0.15, -0.1) is 11.8 Å². The lowest BCUT2D eigenvalue weighted by Gasteiger charge is -2.20. The maximum absolute atomic E-state index is 13.0. The first kappa shape index (κ1) is 20.2. The molecule has 6 nitrogen and oxygen atoms in total. The highest BCUT2D eigenvalue weighted by Crippen LogP contribution is 2.26. The lowest BCUT2D eigenvalue weighted by Crippen LogP contribution is -2.32. The number of aromatic nitrogens is 2. The lowest BCUT2D eigenvalue weighted by molar-refractivity contribution is 0.0768. The van der Waals surface area contributed by atoms with Crippen molar-refractivity contribution in [1.29, 1.82) is 0 Å². The van der Waals surface area contributed by atoms with Crippen molar-refractivity contribution in [2.45, 2.75) is 11.9 Å². The largest absolute Gasteiger partial charge is 0.492 e. The van der Waals surface area contributed by atoms with Crippen molar-refractivity contribution in [2.75, 3.05) is 26.5 Å². The van der Waals surface area contributed by atoms with E-state index in [4.69, 9.17) is 20.8 Å². The van der Waals surface area contributed by atoms with Crippen LogP contribution in [-0.4, -0.2) is 47.2 Å². The molecule has 8 heteroatoms. The zero-order chi connectivity index (χ0) is 20.1.